The molecule has 1 amide bonds. The summed E-state index contributed by atoms with van der Waals surface area (Å²) in [6, 6.07) is 6.38. The van der Waals surface area contributed by atoms with Crippen molar-refractivity contribution in [2.75, 3.05) is 6.54 Å². The zero-order valence-corrected chi connectivity index (χ0v) is 8.32. The molecule has 1 aromatic carbocycles. The normalized spacial score (nSPS) is 21.1. The van der Waals surface area contributed by atoms with Crippen LogP contribution in [0.3, 0.4) is 0 Å². The van der Waals surface area contributed by atoms with Gasteiger partial charge in [0.25, 0.3) is 0 Å². The summed E-state index contributed by atoms with van der Waals surface area (Å²) >= 11 is 0. The first-order valence-corrected chi connectivity index (χ1v) is 4.93. The van der Waals surface area contributed by atoms with Gasteiger partial charge in [-0.25, -0.2) is 4.39 Å². The zero-order valence-electron chi connectivity index (χ0n) is 8.32. The van der Waals surface area contributed by atoms with Gasteiger partial charge in [-0.3, -0.25) is 4.79 Å². The Kier molecular flexibility index (Phi) is 2.68. The Morgan fingerprint density at radius 2 is 2.20 bits per heavy atom. The average Bonchev–Trinajstić information content (AvgIpc) is 2.49. The lowest BCUT2D eigenvalue weighted by Crippen LogP contribution is -2.28. The second kappa shape index (κ2) is 3.98. The molecular weight excluding hydrogens is 195 g/mol. The molecule has 0 bridgehead atoms. The van der Waals surface area contributed by atoms with Crippen molar-refractivity contribution in [2.24, 2.45) is 5.73 Å². The van der Waals surface area contributed by atoms with Gasteiger partial charge in [0.1, 0.15) is 5.82 Å². The fraction of sp³-hybridized carbons (Fsp3) is 0.364. The second-order valence-electron chi connectivity index (χ2n) is 3.83. The summed E-state index contributed by atoms with van der Waals surface area (Å²) in [5.74, 6) is -0.267. The highest BCUT2D eigenvalue weighted by atomic mass is 19.1. The summed E-state index contributed by atoms with van der Waals surface area (Å²) in [4.78, 5) is 13.0. The highest BCUT2D eigenvalue weighted by molar-refractivity contribution is 5.79. The third-order valence-corrected chi connectivity index (χ3v) is 2.56. The highest BCUT2D eigenvalue weighted by Crippen LogP contribution is 2.15. The van der Waals surface area contributed by atoms with Crippen LogP contribution in [0, 0.1) is 5.82 Å². The Balaban J connectivity index is 2.09. The Morgan fingerprint density at radius 1 is 1.47 bits per heavy atom. The van der Waals surface area contributed by atoms with Crippen LogP contribution in [0.2, 0.25) is 0 Å². The van der Waals surface area contributed by atoms with Gasteiger partial charge in [-0.15, -0.1) is 0 Å². The number of benzene rings is 1. The van der Waals surface area contributed by atoms with Crippen LogP contribution in [0.15, 0.2) is 24.3 Å². The van der Waals surface area contributed by atoms with E-state index in [4.69, 9.17) is 5.73 Å². The highest BCUT2D eigenvalue weighted by Gasteiger charge is 2.27. The van der Waals surface area contributed by atoms with Gasteiger partial charge in [0.2, 0.25) is 5.91 Å². The Morgan fingerprint density at radius 3 is 2.80 bits per heavy atom. The van der Waals surface area contributed by atoms with Crippen molar-refractivity contribution in [2.45, 2.75) is 19.0 Å². The van der Waals surface area contributed by atoms with Crippen molar-refractivity contribution in [1.82, 2.24) is 4.90 Å². The fourth-order valence-electron chi connectivity index (χ4n) is 1.79. The van der Waals surface area contributed by atoms with E-state index in [-0.39, 0.29) is 17.8 Å². The zero-order chi connectivity index (χ0) is 10.8. The lowest BCUT2D eigenvalue weighted by atomic mass is 10.2. The van der Waals surface area contributed by atoms with Crippen molar-refractivity contribution in [3.05, 3.63) is 35.6 Å². The van der Waals surface area contributed by atoms with E-state index in [1.165, 1.54) is 6.07 Å². The van der Waals surface area contributed by atoms with E-state index in [9.17, 15) is 9.18 Å². The van der Waals surface area contributed by atoms with Crippen LogP contribution in [-0.4, -0.2) is 23.4 Å². The number of hydrogen-bond acceptors (Lipinski definition) is 2. The molecule has 1 aliphatic heterocycles. The molecule has 0 aliphatic carbocycles. The van der Waals surface area contributed by atoms with Crippen LogP contribution in [0.25, 0.3) is 0 Å². The number of halogens is 1. The van der Waals surface area contributed by atoms with E-state index in [1.807, 2.05) is 0 Å². The van der Waals surface area contributed by atoms with Gasteiger partial charge in [0.05, 0.1) is 0 Å². The van der Waals surface area contributed by atoms with E-state index < -0.39 is 0 Å². The third kappa shape index (κ3) is 2.15. The molecule has 1 unspecified atom stereocenters. The number of hydrogen-bond donors (Lipinski definition) is 1. The molecular formula is C11H13FN2O. The molecule has 15 heavy (non-hydrogen) atoms. The van der Waals surface area contributed by atoms with Gasteiger partial charge < -0.3 is 10.6 Å². The molecule has 80 valence electrons. The maximum atomic E-state index is 13.3. The van der Waals surface area contributed by atoms with Gasteiger partial charge in [-0.05, 0) is 6.07 Å². The van der Waals surface area contributed by atoms with Crippen LogP contribution in [0.1, 0.15) is 12.0 Å². The molecule has 1 saturated heterocycles. The maximum Gasteiger partial charge on any atom is 0.224 e. The molecule has 1 aromatic rings. The maximum absolute atomic E-state index is 13.3. The van der Waals surface area contributed by atoms with Crippen molar-refractivity contribution in [3.63, 3.8) is 0 Å². The summed E-state index contributed by atoms with van der Waals surface area (Å²) in [7, 11) is 0. The monoisotopic (exact) mass is 208 g/mol. The quantitative estimate of drug-likeness (QED) is 0.784. The number of carbonyl (C=O) groups is 1. The van der Waals surface area contributed by atoms with E-state index in [2.05, 4.69) is 0 Å². The molecule has 1 aliphatic rings. The first-order chi connectivity index (χ1) is 7.16. The first-order valence-electron chi connectivity index (χ1n) is 4.93. The number of likely N-dealkylation sites (tertiary alicyclic amines) is 1. The van der Waals surface area contributed by atoms with E-state index in [0.29, 0.717) is 25.1 Å². The Labute approximate surface area is 87.7 Å². The van der Waals surface area contributed by atoms with Gasteiger partial charge in [0, 0.05) is 31.1 Å². The second-order valence-corrected chi connectivity index (χ2v) is 3.83. The Bertz CT molecular complexity index is 381. The predicted octanol–water partition coefficient (Wildman–Crippen LogP) is 0.885. The van der Waals surface area contributed by atoms with Gasteiger partial charge in [-0.2, -0.15) is 0 Å². The number of nitrogens with zero attached hydrogens (tertiary/aromatic N) is 1. The molecule has 0 spiro atoms. The topological polar surface area (TPSA) is 46.3 Å². The number of carbonyl (C=O) groups excluding carboxylic acids is 1. The summed E-state index contributed by atoms with van der Waals surface area (Å²) in [6.07, 6.45) is 0.369. The van der Waals surface area contributed by atoms with Gasteiger partial charge >= 0.3 is 0 Å². The molecule has 1 heterocycles. The minimum absolute atomic E-state index is 0.00533. The molecule has 4 heteroatoms. The molecule has 0 aromatic heterocycles. The first kappa shape index (κ1) is 10.1. The van der Waals surface area contributed by atoms with E-state index >= 15 is 0 Å². The standard InChI is InChI=1S/C11H13FN2O/c12-10-4-2-1-3-8(10)6-14-7-9(13)5-11(14)15/h1-4,9H,5-7,13H2. The summed E-state index contributed by atoms with van der Waals surface area (Å²) in [6.45, 7) is 0.840. The number of amides is 1. The molecule has 2 N–H and O–H groups in total. The summed E-state index contributed by atoms with van der Waals surface area (Å²) in [5.41, 5.74) is 6.19. The molecule has 1 atom stereocenters. The average molecular weight is 208 g/mol. The van der Waals surface area contributed by atoms with Crippen molar-refractivity contribution < 1.29 is 9.18 Å². The van der Waals surface area contributed by atoms with Crippen LogP contribution < -0.4 is 5.73 Å². The lowest BCUT2D eigenvalue weighted by Gasteiger charge is -2.16. The SMILES string of the molecule is NC1CC(=O)N(Cc2ccccc2F)C1. The molecule has 0 radical (unpaired) electrons. The van der Waals surface area contributed by atoms with Crippen molar-refractivity contribution in [3.8, 4) is 0 Å². The predicted molar refractivity (Wildman–Crippen MR) is 54.4 cm³/mol. The van der Waals surface area contributed by atoms with Gasteiger partial charge in [0.15, 0.2) is 0 Å². The van der Waals surface area contributed by atoms with Crippen LogP contribution in [0.5, 0.6) is 0 Å². The molecule has 2 rings (SSSR count). The van der Waals surface area contributed by atoms with E-state index in [0.717, 1.165) is 0 Å². The Hall–Kier alpha value is -1.42. The van der Waals surface area contributed by atoms with Crippen LogP contribution >= 0.6 is 0 Å². The van der Waals surface area contributed by atoms with Crippen LogP contribution in [-0.2, 0) is 11.3 Å². The van der Waals surface area contributed by atoms with Crippen molar-refractivity contribution in [1.29, 1.82) is 0 Å². The molecule has 0 saturated carbocycles. The van der Waals surface area contributed by atoms with Crippen LogP contribution in [0.4, 0.5) is 4.39 Å². The minimum Gasteiger partial charge on any atom is -0.337 e. The fourth-order valence-corrected chi connectivity index (χ4v) is 1.79. The smallest absolute Gasteiger partial charge is 0.224 e. The van der Waals surface area contributed by atoms with Crippen molar-refractivity contribution >= 4 is 5.91 Å². The number of rotatable bonds is 2. The lowest BCUT2D eigenvalue weighted by molar-refractivity contribution is -0.128. The number of nitrogens with two attached hydrogens (primary N) is 1. The molecule has 1 fully saturated rings. The van der Waals surface area contributed by atoms with Gasteiger partial charge in [-0.1, -0.05) is 18.2 Å². The minimum atomic E-state index is -0.272. The third-order valence-electron chi connectivity index (χ3n) is 2.56. The summed E-state index contributed by atoms with van der Waals surface area (Å²) < 4.78 is 13.3. The molecule has 3 nitrogen and oxygen atoms in total. The largest absolute Gasteiger partial charge is 0.337 e. The van der Waals surface area contributed by atoms with E-state index in [1.54, 1.807) is 23.1 Å². The summed E-state index contributed by atoms with van der Waals surface area (Å²) in [5, 5.41) is 0.